The van der Waals surface area contributed by atoms with Gasteiger partial charge in [0, 0.05) is 30.1 Å². The number of hydrogen-bond donors (Lipinski definition) is 2. The topological polar surface area (TPSA) is 105 Å². The Labute approximate surface area is 173 Å². The summed E-state index contributed by atoms with van der Waals surface area (Å²) in [6.07, 6.45) is 0. The summed E-state index contributed by atoms with van der Waals surface area (Å²) < 4.78 is 0. The molecule has 0 saturated heterocycles. The molecular weight excluding hydrogens is 384 g/mol. The number of carbonyl (C=O) groups excluding carboxylic acids is 2. The summed E-state index contributed by atoms with van der Waals surface area (Å²) in [7, 11) is 1.47. The van der Waals surface area contributed by atoms with Crippen LogP contribution >= 0.6 is 0 Å². The number of nitro benzene ring substituents is 1. The molecule has 0 aromatic heterocycles. The fraction of sp³-hybridized carbons (Fsp3) is 0.0909. The van der Waals surface area contributed by atoms with E-state index in [-0.39, 0.29) is 29.4 Å². The summed E-state index contributed by atoms with van der Waals surface area (Å²) >= 11 is 0. The molecule has 8 heteroatoms. The number of nitrogens with one attached hydrogen (secondary N) is 2. The van der Waals surface area contributed by atoms with Crippen LogP contribution in [0.2, 0.25) is 0 Å². The van der Waals surface area contributed by atoms with Crippen LogP contribution in [0.5, 0.6) is 0 Å². The van der Waals surface area contributed by atoms with Gasteiger partial charge in [0.25, 0.3) is 11.6 Å². The molecule has 2 N–H and O–H groups in total. The fourth-order valence-electron chi connectivity index (χ4n) is 2.83. The molecule has 0 saturated carbocycles. The van der Waals surface area contributed by atoms with Crippen LogP contribution < -0.4 is 10.6 Å². The van der Waals surface area contributed by atoms with Gasteiger partial charge in [0.15, 0.2) is 0 Å². The molecular formula is C22H20N4O4. The Bertz CT molecular complexity index is 1060. The number of carbonyl (C=O) groups is 2. The number of amides is 2. The van der Waals surface area contributed by atoms with Crippen molar-refractivity contribution < 1.29 is 14.5 Å². The standard InChI is InChI=1S/C22H20N4O4/c1-25(15-21(27)24-18-10-6-3-7-11-18)22(28)16-12-13-19(20(14-16)26(29)30)23-17-8-4-2-5-9-17/h2-14,23H,15H2,1H3,(H,24,27). The van der Waals surface area contributed by atoms with Crippen molar-refractivity contribution in [1.82, 2.24) is 4.90 Å². The van der Waals surface area contributed by atoms with E-state index in [4.69, 9.17) is 0 Å². The van der Waals surface area contributed by atoms with E-state index in [1.807, 2.05) is 24.3 Å². The first-order chi connectivity index (χ1) is 14.4. The van der Waals surface area contributed by atoms with Gasteiger partial charge in [-0.1, -0.05) is 36.4 Å². The largest absolute Gasteiger partial charge is 0.350 e. The van der Waals surface area contributed by atoms with Gasteiger partial charge in [0.1, 0.15) is 5.69 Å². The fourth-order valence-corrected chi connectivity index (χ4v) is 2.83. The van der Waals surface area contributed by atoms with E-state index in [1.54, 1.807) is 36.4 Å². The van der Waals surface area contributed by atoms with Gasteiger partial charge in [-0.05, 0) is 36.4 Å². The molecule has 0 spiro atoms. The van der Waals surface area contributed by atoms with Gasteiger partial charge in [-0.25, -0.2) is 0 Å². The molecule has 0 unspecified atom stereocenters. The number of benzene rings is 3. The van der Waals surface area contributed by atoms with E-state index < -0.39 is 10.8 Å². The predicted molar refractivity (Wildman–Crippen MR) is 115 cm³/mol. The van der Waals surface area contributed by atoms with Crippen molar-refractivity contribution in [1.29, 1.82) is 0 Å². The molecule has 0 radical (unpaired) electrons. The van der Waals surface area contributed by atoms with Crippen LogP contribution in [-0.2, 0) is 4.79 Å². The number of nitrogens with zero attached hydrogens (tertiary/aromatic N) is 2. The normalized spacial score (nSPS) is 10.2. The third-order valence-corrected chi connectivity index (χ3v) is 4.28. The zero-order valence-corrected chi connectivity index (χ0v) is 16.2. The maximum absolute atomic E-state index is 12.7. The van der Waals surface area contributed by atoms with Gasteiger partial charge in [-0.3, -0.25) is 19.7 Å². The second-order valence-corrected chi connectivity index (χ2v) is 6.56. The van der Waals surface area contributed by atoms with Gasteiger partial charge in [0.05, 0.1) is 11.5 Å². The minimum Gasteiger partial charge on any atom is -0.350 e. The molecule has 0 heterocycles. The van der Waals surface area contributed by atoms with Crippen molar-refractivity contribution in [2.24, 2.45) is 0 Å². The first-order valence-corrected chi connectivity index (χ1v) is 9.15. The van der Waals surface area contributed by atoms with Crippen molar-refractivity contribution in [2.75, 3.05) is 24.2 Å². The van der Waals surface area contributed by atoms with E-state index in [0.29, 0.717) is 11.4 Å². The molecule has 0 fully saturated rings. The van der Waals surface area contributed by atoms with Crippen molar-refractivity contribution in [3.63, 3.8) is 0 Å². The lowest BCUT2D eigenvalue weighted by atomic mass is 10.1. The van der Waals surface area contributed by atoms with Crippen molar-refractivity contribution in [3.8, 4) is 0 Å². The molecule has 30 heavy (non-hydrogen) atoms. The molecule has 2 amide bonds. The molecule has 0 aliphatic heterocycles. The van der Waals surface area contributed by atoms with Crippen molar-refractivity contribution in [2.45, 2.75) is 0 Å². The lowest BCUT2D eigenvalue weighted by Crippen LogP contribution is -2.34. The van der Waals surface area contributed by atoms with Gasteiger partial charge >= 0.3 is 0 Å². The average Bonchev–Trinajstić information content (AvgIpc) is 2.74. The summed E-state index contributed by atoms with van der Waals surface area (Å²) in [5, 5.41) is 17.2. The summed E-state index contributed by atoms with van der Waals surface area (Å²) in [5.41, 5.74) is 1.47. The second-order valence-electron chi connectivity index (χ2n) is 6.56. The van der Waals surface area contributed by atoms with E-state index in [0.717, 1.165) is 0 Å². The molecule has 152 valence electrons. The molecule has 3 aromatic carbocycles. The highest BCUT2D eigenvalue weighted by Gasteiger charge is 2.21. The Morgan fingerprint density at radius 2 is 1.53 bits per heavy atom. The highest BCUT2D eigenvalue weighted by Crippen LogP contribution is 2.29. The predicted octanol–water partition coefficient (Wildman–Crippen LogP) is 4.05. The quantitative estimate of drug-likeness (QED) is 0.457. The van der Waals surface area contributed by atoms with E-state index in [2.05, 4.69) is 10.6 Å². The maximum atomic E-state index is 12.7. The van der Waals surface area contributed by atoms with E-state index >= 15 is 0 Å². The Kier molecular flexibility index (Phi) is 6.39. The lowest BCUT2D eigenvalue weighted by Gasteiger charge is -2.17. The summed E-state index contributed by atoms with van der Waals surface area (Å²) in [5.74, 6) is -0.860. The Morgan fingerprint density at radius 3 is 2.13 bits per heavy atom. The molecule has 8 nitrogen and oxygen atoms in total. The van der Waals surface area contributed by atoms with Crippen molar-refractivity contribution >= 4 is 34.6 Å². The van der Waals surface area contributed by atoms with Gasteiger partial charge < -0.3 is 15.5 Å². The first-order valence-electron chi connectivity index (χ1n) is 9.15. The Balaban J connectivity index is 1.72. The highest BCUT2D eigenvalue weighted by molar-refractivity contribution is 6.00. The summed E-state index contributed by atoms with van der Waals surface area (Å²) in [6.45, 7) is -0.189. The zero-order chi connectivity index (χ0) is 21.5. The van der Waals surface area contributed by atoms with Crippen LogP contribution in [0.4, 0.5) is 22.7 Å². The zero-order valence-electron chi connectivity index (χ0n) is 16.2. The maximum Gasteiger partial charge on any atom is 0.293 e. The minimum atomic E-state index is -0.551. The number of nitro groups is 1. The van der Waals surface area contributed by atoms with Crippen LogP contribution in [-0.4, -0.2) is 35.2 Å². The van der Waals surface area contributed by atoms with E-state index in [1.165, 1.54) is 30.1 Å². The lowest BCUT2D eigenvalue weighted by molar-refractivity contribution is -0.383. The van der Waals surface area contributed by atoms with Gasteiger partial charge in [-0.15, -0.1) is 0 Å². The van der Waals surface area contributed by atoms with Gasteiger partial charge in [0.2, 0.25) is 5.91 Å². The van der Waals surface area contributed by atoms with Crippen LogP contribution in [0.3, 0.4) is 0 Å². The molecule has 0 atom stereocenters. The monoisotopic (exact) mass is 404 g/mol. The number of anilines is 3. The number of rotatable bonds is 7. The highest BCUT2D eigenvalue weighted by atomic mass is 16.6. The second kappa shape index (κ2) is 9.33. The summed E-state index contributed by atoms with van der Waals surface area (Å²) in [6, 6.07) is 22.1. The van der Waals surface area contributed by atoms with Crippen LogP contribution in [0.15, 0.2) is 78.9 Å². The molecule has 0 bridgehead atoms. The molecule has 3 aromatic rings. The average molecular weight is 404 g/mol. The van der Waals surface area contributed by atoms with Gasteiger partial charge in [-0.2, -0.15) is 0 Å². The SMILES string of the molecule is CN(CC(=O)Nc1ccccc1)C(=O)c1ccc(Nc2ccccc2)c([N+](=O)[O-])c1. The molecule has 0 aliphatic carbocycles. The Morgan fingerprint density at radius 1 is 0.933 bits per heavy atom. The van der Waals surface area contributed by atoms with Crippen molar-refractivity contribution in [3.05, 3.63) is 94.5 Å². The van der Waals surface area contributed by atoms with Crippen LogP contribution in [0.25, 0.3) is 0 Å². The summed E-state index contributed by atoms with van der Waals surface area (Å²) in [4.78, 5) is 37.0. The van der Waals surface area contributed by atoms with Crippen LogP contribution in [0, 0.1) is 10.1 Å². The third-order valence-electron chi connectivity index (χ3n) is 4.28. The first kappa shape index (κ1) is 20.5. The Hall–Kier alpha value is -4.20. The van der Waals surface area contributed by atoms with E-state index in [9.17, 15) is 19.7 Å². The number of likely N-dealkylation sites (N-methyl/N-ethyl adjacent to an activating group) is 1. The van der Waals surface area contributed by atoms with Crippen LogP contribution in [0.1, 0.15) is 10.4 Å². The molecule has 0 aliphatic rings. The molecule has 3 rings (SSSR count). The number of hydrogen-bond acceptors (Lipinski definition) is 5. The smallest absolute Gasteiger partial charge is 0.293 e. The minimum absolute atomic E-state index is 0.121. The number of para-hydroxylation sites is 2. The third kappa shape index (κ3) is 5.20.